The van der Waals surface area contributed by atoms with E-state index in [0.717, 1.165) is 5.56 Å². The lowest BCUT2D eigenvalue weighted by molar-refractivity contribution is -0.137. The average molecular weight is 356 g/mol. The first-order valence-corrected chi connectivity index (χ1v) is 7.69. The Morgan fingerprint density at radius 2 is 1.78 bits per heavy atom. The predicted octanol–water partition coefficient (Wildman–Crippen LogP) is 4.89. The van der Waals surface area contributed by atoms with E-state index in [1.807, 2.05) is 6.92 Å². The highest BCUT2D eigenvalue weighted by Gasteiger charge is 2.19. The maximum Gasteiger partial charge on any atom is 0.305 e. The standard InChI is InChI=1S/C17H16Cl2FNO2/c1-8-3-12(18)16(13(19)4-8)10-5-9(2)17(20)11(6-10)14(21)7-15(22)23/h3-6,14H,7,21H2,1-2H3,(H,22,23). The van der Waals surface area contributed by atoms with Gasteiger partial charge in [-0.1, -0.05) is 23.2 Å². The number of carboxylic acids is 1. The summed E-state index contributed by atoms with van der Waals surface area (Å²) in [7, 11) is 0. The van der Waals surface area contributed by atoms with Crippen LogP contribution in [-0.2, 0) is 4.79 Å². The van der Waals surface area contributed by atoms with E-state index in [-0.39, 0.29) is 12.0 Å². The largest absolute Gasteiger partial charge is 0.481 e. The molecule has 2 rings (SSSR count). The number of benzene rings is 2. The molecule has 0 radical (unpaired) electrons. The molecule has 6 heteroatoms. The highest BCUT2D eigenvalue weighted by molar-refractivity contribution is 6.39. The summed E-state index contributed by atoms with van der Waals surface area (Å²) in [6.45, 7) is 3.46. The molecule has 0 amide bonds. The second-order valence-electron chi connectivity index (χ2n) is 5.50. The third-order valence-corrected chi connectivity index (χ3v) is 4.15. The lowest BCUT2D eigenvalue weighted by Gasteiger charge is -2.16. The fourth-order valence-electron chi connectivity index (χ4n) is 2.48. The van der Waals surface area contributed by atoms with Gasteiger partial charge >= 0.3 is 5.97 Å². The molecular weight excluding hydrogens is 340 g/mol. The molecule has 2 aromatic carbocycles. The predicted molar refractivity (Wildman–Crippen MR) is 90.5 cm³/mol. The van der Waals surface area contributed by atoms with Crippen molar-refractivity contribution in [2.45, 2.75) is 26.3 Å². The fourth-order valence-corrected chi connectivity index (χ4v) is 3.30. The second-order valence-corrected chi connectivity index (χ2v) is 6.32. The van der Waals surface area contributed by atoms with E-state index in [9.17, 15) is 9.18 Å². The van der Waals surface area contributed by atoms with Gasteiger partial charge in [0.2, 0.25) is 0 Å². The SMILES string of the molecule is Cc1cc(Cl)c(-c2cc(C)c(F)c(C(N)CC(=O)O)c2)c(Cl)c1. The zero-order chi connectivity index (χ0) is 17.3. The number of halogens is 3. The summed E-state index contributed by atoms with van der Waals surface area (Å²) in [4.78, 5) is 10.8. The molecule has 3 N–H and O–H groups in total. The van der Waals surface area contributed by atoms with Gasteiger partial charge in [-0.15, -0.1) is 0 Å². The van der Waals surface area contributed by atoms with Crippen molar-refractivity contribution >= 4 is 29.2 Å². The Kier molecular flexibility index (Phi) is 5.30. The zero-order valence-electron chi connectivity index (χ0n) is 12.7. The van der Waals surface area contributed by atoms with E-state index in [1.165, 1.54) is 6.07 Å². The van der Waals surface area contributed by atoms with Crippen molar-refractivity contribution in [1.82, 2.24) is 0 Å². The van der Waals surface area contributed by atoms with Crippen molar-refractivity contribution in [1.29, 1.82) is 0 Å². The number of carbonyl (C=O) groups is 1. The van der Waals surface area contributed by atoms with E-state index < -0.39 is 17.8 Å². The van der Waals surface area contributed by atoms with E-state index in [0.29, 0.717) is 26.7 Å². The number of nitrogens with two attached hydrogens (primary N) is 1. The van der Waals surface area contributed by atoms with E-state index in [2.05, 4.69) is 0 Å². The van der Waals surface area contributed by atoms with Crippen molar-refractivity contribution in [3.63, 3.8) is 0 Å². The van der Waals surface area contributed by atoms with Crippen LogP contribution in [0.5, 0.6) is 0 Å². The quantitative estimate of drug-likeness (QED) is 0.820. The molecule has 0 fully saturated rings. The highest BCUT2D eigenvalue weighted by atomic mass is 35.5. The van der Waals surface area contributed by atoms with Crippen molar-refractivity contribution < 1.29 is 14.3 Å². The summed E-state index contributed by atoms with van der Waals surface area (Å²) in [6.07, 6.45) is -0.366. The van der Waals surface area contributed by atoms with Crippen LogP contribution in [0.1, 0.15) is 29.2 Å². The minimum Gasteiger partial charge on any atom is -0.481 e. The molecule has 0 aliphatic carbocycles. The van der Waals surface area contributed by atoms with Crippen LogP contribution in [0.4, 0.5) is 4.39 Å². The molecule has 0 saturated carbocycles. The highest BCUT2D eigenvalue weighted by Crippen LogP contribution is 2.38. The van der Waals surface area contributed by atoms with Crippen molar-refractivity contribution in [2.75, 3.05) is 0 Å². The molecule has 0 saturated heterocycles. The molecule has 1 atom stereocenters. The molecule has 0 spiro atoms. The molecule has 3 nitrogen and oxygen atoms in total. The van der Waals surface area contributed by atoms with Gasteiger partial charge in [-0.25, -0.2) is 4.39 Å². The van der Waals surface area contributed by atoms with Gasteiger partial charge in [0.15, 0.2) is 0 Å². The third kappa shape index (κ3) is 3.83. The molecule has 1 unspecified atom stereocenters. The molecule has 0 heterocycles. The van der Waals surface area contributed by atoms with Crippen LogP contribution < -0.4 is 5.73 Å². The molecule has 0 bridgehead atoms. The van der Waals surface area contributed by atoms with Gasteiger partial charge < -0.3 is 10.8 Å². The maximum atomic E-state index is 14.3. The number of carboxylic acid groups (broad SMARTS) is 1. The molecule has 0 aromatic heterocycles. The van der Waals surface area contributed by atoms with Crippen LogP contribution in [-0.4, -0.2) is 11.1 Å². The number of hydrogen-bond donors (Lipinski definition) is 2. The smallest absolute Gasteiger partial charge is 0.305 e. The van der Waals surface area contributed by atoms with E-state index in [4.69, 9.17) is 34.0 Å². The number of rotatable bonds is 4. The Labute approximate surface area is 143 Å². The Bertz CT molecular complexity index is 754. The van der Waals surface area contributed by atoms with Gasteiger partial charge in [-0.05, 0) is 54.8 Å². The fraction of sp³-hybridized carbons (Fsp3) is 0.235. The monoisotopic (exact) mass is 355 g/mol. The Balaban J connectivity index is 2.62. The van der Waals surface area contributed by atoms with Crippen LogP contribution in [0.2, 0.25) is 10.0 Å². The van der Waals surface area contributed by atoms with Crippen LogP contribution in [0.25, 0.3) is 11.1 Å². The van der Waals surface area contributed by atoms with Gasteiger partial charge in [-0.3, -0.25) is 4.79 Å². The first-order chi connectivity index (χ1) is 10.7. The lowest BCUT2D eigenvalue weighted by Crippen LogP contribution is -2.17. The Morgan fingerprint density at radius 1 is 1.22 bits per heavy atom. The summed E-state index contributed by atoms with van der Waals surface area (Å²) in [5, 5.41) is 9.75. The van der Waals surface area contributed by atoms with Crippen molar-refractivity contribution in [3.8, 4) is 11.1 Å². The van der Waals surface area contributed by atoms with E-state index in [1.54, 1.807) is 25.1 Å². The summed E-state index contributed by atoms with van der Waals surface area (Å²) in [5.41, 5.74) is 8.40. The molecule has 122 valence electrons. The van der Waals surface area contributed by atoms with Gasteiger partial charge in [0.25, 0.3) is 0 Å². The first kappa shape index (κ1) is 17.7. The van der Waals surface area contributed by atoms with E-state index >= 15 is 0 Å². The first-order valence-electron chi connectivity index (χ1n) is 6.94. The summed E-state index contributed by atoms with van der Waals surface area (Å²) >= 11 is 12.5. The van der Waals surface area contributed by atoms with Crippen LogP contribution in [0, 0.1) is 19.7 Å². The van der Waals surface area contributed by atoms with Gasteiger partial charge in [0.1, 0.15) is 5.82 Å². The summed E-state index contributed by atoms with van der Waals surface area (Å²) < 4.78 is 14.3. The van der Waals surface area contributed by atoms with Gasteiger partial charge in [0.05, 0.1) is 16.5 Å². The molecule has 0 aliphatic rings. The lowest BCUT2D eigenvalue weighted by atomic mass is 9.94. The Morgan fingerprint density at radius 3 is 2.30 bits per heavy atom. The van der Waals surface area contributed by atoms with Crippen LogP contribution in [0.3, 0.4) is 0 Å². The molecule has 0 aliphatic heterocycles. The molecule has 2 aromatic rings. The topological polar surface area (TPSA) is 63.3 Å². The summed E-state index contributed by atoms with van der Waals surface area (Å²) in [5.74, 6) is -1.60. The Hall–Kier alpha value is -1.62. The van der Waals surface area contributed by atoms with Crippen LogP contribution >= 0.6 is 23.2 Å². The molecular formula is C17H16Cl2FNO2. The van der Waals surface area contributed by atoms with Crippen LogP contribution in [0.15, 0.2) is 24.3 Å². The normalized spacial score (nSPS) is 12.3. The average Bonchev–Trinajstić information content (AvgIpc) is 2.40. The number of aryl methyl sites for hydroxylation is 2. The number of aliphatic carboxylic acids is 1. The maximum absolute atomic E-state index is 14.3. The zero-order valence-corrected chi connectivity index (χ0v) is 14.2. The third-order valence-electron chi connectivity index (χ3n) is 3.55. The minimum absolute atomic E-state index is 0.134. The van der Waals surface area contributed by atoms with Crippen molar-refractivity contribution in [3.05, 3.63) is 56.8 Å². The number of hydrogen-bond acceptors (Lipinski definition) is 2. The van der Waals surface area contributed by atoms with Crippen molar-refractivity contribution in [2.24, 2.45) is 5.73 Å². The summed E-state index contributed by atoms with van der Waals surface area (Å²) in [6, 6.07) is 5.71. The molecule has 23 heavy (non-hydrogen) atoms. The minimum atomic E-state index is -1.09. The van der Waals surface area contributed by atoms with Gasteiger partial charge in [0, 0.05) is 17.2 Å². The second kappa shape index (κ2) is 6.87. The van der Waals surface area contributed by atoms with Gasteiger partial charge in [-0.2, -0.15) is 0 Å².